The van der Waals surface area contributed by atoms with Crippen molar-refractivity contribution in [1.29, 1.82) is 0 Å². The van der Waals surface area contributed by atoms with Crippen molar-refractivity contribution in [2.75, 3.05) is 20.4 Å². The van der Waals surface area contributed by atoms with Gasteiger partial charge in [0.25, 0.3) is 5.91 Å². The number of carbonyl (C=O) groups excluding carboxylic acids is 2. The van der Waals surface area contributed by atoms with Crippen molar-refractivity contribution in [3.63, 3.8) is 0 Å². The number of carbonyl (C=O) groups is 2. The lowest BCUT2D eigenvalue weighted by molar-refractivity contribution is -0.132. The van der Waals surface area contributed by atoms with Crippen LogP contribution in [0.25, 0.3) is 0 Å². The molecular weight excluding hydrogens is 267 g/mol. The molecule has 2 unspecified atom stereocenters. The zero-order chi connectivity index (χ0) is 15.1. The first kappa shape index (κ1) is 16.6. The van der Waals surface area contributed by atoms with E-state index in [0.717, 1.165) is 22.4 Å². The van der Waals surface area contributed by atoms with Crippen molar-refractivity contribution >= 4 is 12.3 Å². The second-order valence-electron chi connectivity index (χ2n) is 4.63. The molecule has 2 atom stereocenters. The second kappa shape index (κ2) is 7.96. The minimum atomic E-state index is -1.03. The first-order chi connectivity index (χ1) is 9.49. The number of rotatable bonds is 7. The zero-order valence-electron chi connectivity index (χ0n) is 12.0. The second-order valence-corrected chi connectivity index (χ2v) is 4.63. The first-order valence-corrected chi connectivity index (χ1v) is 6.58. The molecule has 0 aliphatic carbocycles. The van der Waals surface area contributed by atoms with Crippen molar-refractivity contribution in [3.05, 3.63) is 12.0 Å². The van der Waals surface area contributed by atoms with Crippen LogP contribution in [0, 0.1) is 0 Å². The van der Waals surface area contributed by atoms with Gasteiger partial charge in [0, 0.05) is 13.7 Å². The molecule has 0 saturated carbocycles. The van der Waals surface area contributed by atoms with Crippen molar-refractivity contribution < 1.29 is 23.5 Å². The third-order valence-electron chi connectivity index (χ3n) is 2.97. The van der Waals surface area contributed by atoms with Gasteiger partial charge in [0.2, 0.25) is 12.2 Å². The summed E-state index contributed by atoms with van der Waals surface area (Å²) < 4.78 is 24.3. The molecule has 0 spiro atoms. The van der Waals surface area contributed by atoms with Gasteiger partial charge in [-0.1, -0.05) is 0 Å². The Morgan fingerprint density at radius 3 is 2.70 bits per heavy atom. The molecule has 0 bridgehead atoms. The maximum atomic E-state index is 13.8. The summed E-state index contributed by atoms with van der Waals surface area (Å²) in [6, 6.07) is 0. The summed E-state index contributed by atoms with van der Waals surface area (Å²) >= 11 is 0. The molecule has 0 radical (unpaired) electrons. The molecule has 7 heteroatoms. The summed E-state index contributed by atoms with van der Waals surface area (Å²) in [6.07, 6.45) is 2.25. The van der Waals surface area contributed by atoms with E-state index >= 15 is 0 Å². The summed E-state index contributed by atoms with van der Waals surface area (Å²) in [5.74, 6) is -1.86. The molecule has 0 aromatic rings. The maximum absolute atomic E-state index is 13.8. The standard InChI is InChI=1S/C13H21FN2O4/c1-4-19-9-15(3)13(18)11(14)7-16(8-17)12-6-5-10(2)20-12/h7-8,10,12H,4-6,9H2,1-3H3/b11-7+. The molecule has 1 heterocycles. The van der Waals surface area contributed by atoms with Crippen LogP contribution in [-0.4, -0.2) is 54.8 Å². The van der Waals surface area contributed by atoms with Crippen LogP contribution in [0.2, 0.25) is 0 Å². The molecule has 0 aromatic carbocycles. The van der Waals surface area contributed by atoms with Crippen LogP contribution >= 0.6 is 0 Å². The van der Waals surface area contributed by atoms with E-state index in [0.29, 0.717) is 19.4 Å². The Kier molecular flexibility index (Phi) is 6.60. The van der Waals surface area contributed by atoms with Crippen LogP contribution in [0.4, 0.5) is 4.39 Å². The quantitative estimate of drug-likeness (QED) is 0.402. The fourth-order valence-corrected chi connectivity index (χ4v) is 1.84. The summed E-state index contributed by atoms with van der Waals surface area (Å²) in [4.78, 5) is 24.8. The SMILES string of the molecule is CCOCN(C)C(=O)/C(F)=C\N(C=O)C1CCC(C)O1. The molecule has 114 valence electrons. The number of likely N-dealkylation sites (N-methyl/N-ethyl adjacent to an activating group) is 1. The van der Waals surface area contributed by atoms with E-state index in [1.54, 1.807) is 6.92 Å². The molecular formula is C13H21FN2O4. The Bertz CT molecular complexity index is 375. The van der Waals surface area contributed by atoms with Gasteiger partial charge in [-0.05, 0) is 26.7 Å². The van der Waals surface area contributed by atoms with Crippen molar-refractivity contribution in [2.24, 2.45) is 0 Å². The van der Waals surface area contributed by atoms with E-state index < -0.39 is 18.0 Å². The number of hydrogen-bond donors (Lipinski definition) is 0. The monoisotopic (exact) mass is 288 g/mol. The highest BCUT2D eigenvalue weighted by Gasteiger charge is 2.27. The third kappa shape index (κ3) is 4.57. The van der Waals surface area contributed by atoms with Crippen LogP contribution in [0.5, 0.6) is 0 Å². The summed E-state index contributed by atoms with van der Waals surface area (Å²) in [5.41, 5.74) is 0. The predicted molar refractivity (Wildman–Crippen MR) is 69.9 cm³/mol. The molecule has 6 nitrogen and oxygen atoms in total. The number of amides is 2. The van der Waals surface area contributed by atoms with Gasteiger partial charge < -0.3 is 14.4 Å². The van der Waals surface area contributed by atoms with E-state index in [1.165, 1.54) is 7.05 Å². The molecule has 1 fully saturated rings. The molecule has 1 aliphatic heterocycles. The van der Waals surface area contributed by atoms with Crippen molar-refractivity contribution in [1.82, 2.24) is 9.80 Å². The maximum Gasteiger partial charge on any atom is 0.285 e. The predicted octanol–water partition coefficient (Wildman–Crippen LogP) is 1.23. The van der Waals surface area contributed by atoms with E-state index in [-0.39, 0.29) is 12.8 Å². The van der Waals surface area contributed by atoms with Gasteiger partial charge in [0.05, 0.1) is 12.3 Å². The summed E-state index contributed by atoms with van der Waals surface area (Å²) in [6.45, 7) is 4.08. The topological polar surface area (TPSA) is 59.1 Å². The average molecular weight is 288 g/mol. The smallest absolute Gasteiger partial charge is 0.285 e. The zero-order valence-corrected chi connectivity index (χ0v) is 12.0. The van der Waals surface area contributed by atoms with Crippen LogP contribution in [-0.2, 0) is 19.1 Å². The molecule has 0 aromatic heterocycles. The highest BCUT2D eigenvalue weighted by Crippen LogP contribution is 2.22. The fourth-order valence-electron chi connectivity index (χ4n) is 1.84. The van der Waals surface area contributed by atoms with E-state index in [2.05, 4.69) is 0 Å². The minimum absolute atomic E-state index is 0.00531. The minimum Gasteiger partial charge on any atom is -0.361 e. The highest BCUT2D eigenvalue weighted by atomic mass is 19.1. The Hall–Kier alpha value is -1.47. The average Bonchev–Trinajstić information content (AvgIpc) is 2.87. The van der Waals surface area contributed by atoms with Gasteiger partial charge in [0.15, 0.2) is 0 Å². The van der Waals surface area contributed by atoms with Crippen LogP contribution in [0.15, 0.2) is 12.0 Å². The first-order valence-electron chi connectivity index (χ1n) is 6.58. The molecule has 2 amide bonds. The number of hydrogen-bond acceptors (Lipinski definition) is 4. The van der Waals surface area contributed by atoms with E-state index in [1.807, 2.05) is 6.92 Å². The van der Waals surface area contributed by atoms with Gasteiger partial charge in [-0.3, -0.25) is 14.5 Å². The molecule has 0 N–H and O–H groups in total. The largest absolute Gasteiger partial charge is 0.361 e. The molecule has 1 aliphatic rings. The fraction of sp³-hybridized carbons (Fsp3) is 0.692. The van der Waals surface area contributed by atoms with Gasteiger partial charge in [-0.15, -0.1) is 0 Å². The highest BCUT2D eigenvalue weighted by molar-refractivity contribution is 5.91. The molecule has 20 heavy (non-hydrogen) atoms. The van der Waals surface area contributed by atoms with Crippen LogP contribution in [0.1, 0.15) is 26.7 Å². The lowest BCUT2D eigenvalue weighted by atomic mass is 10.2. The normalized spacial score (nSPS) is 22.7. The van der Waals surface area contributed by atoms with Gasteiger partial charge in [0.1, 0.15) is 13.0 Å². The Morgan fingerprint density at radius 2 is 2.20 bits per heavy atom. The van der Waals surface area contributed by atoms with Gasteiger partial charge in [-0.2, -0.15) is 4.39 Å². The Labute approximate surface area is 118 Å². The van der Waals surface area contributed by atoms with Crippen molar-refractivity contribution in [3.8, 4) is 0 Å². The lowest BCUT2D eigenvalue weighted by Gasteiger charge is -2.21. The van der Waals surface area contributed by atoms with E-state index in [4.69, 9.17) is 9.47 Å². The van der Waals surface area contributed by atoms with Gasteiger partial charge in [-0.25, -0.2) is 0 Å². The Balaban J connectivity index is 2.64. The number of nitrogens with zero attached hydrogens (tertiary/aromatic N) is 2. The van der Waals surface area contributed by atoms with Crippen LogP contribution < -0.4 is 0 Å². The Morgan fingerprint density at radius 1 is 1.50 bits per heavy atom. The molecule has 1 rings (SSSR count). The van der Waals surface area contributed by atoms with Crippen molar-refractivity contribution in [2.45, 2.75) is 39.0 Å². The third-order valence-corrected chi connectivity index (χ3v) is 2.97. The van der Waals surface area contributed by atoms with Gasteiger partial charge >= 0.3 is 0 Å². The molecule has 1 saturated heterocycles. The summed E-state index contributed by atoms with van der Waals surface area (Å²) in [7, 11) is 1.42. The lowest BCUT2D eigenvalue weighted by Crippen LogP contribution is -2.33. The summed E-state index contributed by atoms with van der Waals surface area (Å²) in [5, 5.41) is 0. The number of ether oxygens (including phenoxy) is 2. The number of halogens is 1. The van der Waals surface area contributed by atoms with Crippen LogP contribution in [0.3, 0.4) is 0 Å². The van der Waals surface area contributed by atoms with E-state index in [9.17, 15) is 14.0 Å².